The van der Waals surface area contributed by atoms with Crippen molar-refractivity contribution in [3.63, 3.8) is 0 Å². The van der Waals surface area contributed by atoms with Crippen molar-refractivity contribution in [2.75, 3.05) is 7.05 Å². The number of aromatic nitrogens is 1. The molecule has 0 aliphatic carbocycles. The number of likely N-dealkylation sites (N-methyl/N-ethyl adjacent to an activating group) is 1. The molecule has 0 bridgehead atoms. The summed E-state index contributed by atoms with van der Waals surface area (Å²) in [5.41, 5.74) is 0.345. The molecule has 0 aliphatic rings. The van der Waals surface area contributed by atoms with Gasteiger partial charge in [-0.15, -0.1) is 11.3 Å². The summed E-state index contributed by atoms with van der Waals surface area (Å²) < 4.78 is 0. The summed E-state index contributed by atoms with van der Waals surface area (Å²) >= 11 is 1.43. The van der Waals surface area contributed by atoms with Crippen LogP contribution in [0.15, 0.2) is 0 Å². The minimum atomic E-state index is -1.03. The molecule has 0 fully saturated rings. The highest BCUT2D eigenvalue weighted by atomic mass is 32.1. The van der Waals surface area contributed by atoms with Crippen molar-refractivity contribution >= 4 is 23.2 Å². The smallest absolute Gasteiger partial charge is 0.326 e. The van der Waals surface area contributed by atoms with Gasteiger partial charge in [-0.3, -0.25) is 4.79 Å². The Morgan fingerprint density at radius 1 is 1.44 bits per heavy atom. The lowest BCUT2D eigenvalue weighted by Crippen LogP contribution is -2.40. The number of rotatable bonds is 3. The molecule has 1 N–H and O–H groups in total. The van der Waals surface area contributed by atoms with Crippen LogP contribution in [0.4, 0.5) is 0 Å². The molecule has 1 aromatic rings. The number of thiazole rings is 1. The predicted molar refractivity (Wildman–Crippen MR) is 60.8 cm³/mol. The van der Waals surface area contributed by atoms with Gasteiger partial charge in [-0.05, 0) is 20.8 Å². The van der Waals surface area contributed by atoms with Crippen LogP contribution in [0.3, 0.4) is 0 Å². The minimum Gasteiger partial charge on any atom is -0.480 e. The monoisotopic (exact) mass is 242 g/mol. The van der Waals surface area contributed by atoms with E-state index < -0.39 is 12.0 Å². The molecule has 1 rings (SSSR count). The first kappa shape index (κ1) is 12.6. The Balaban J connectivity index is 2.94. The zero-order valence-electron chi connectivity index (χ0n) is 9.64. The Morgan fingerprint density at radius 3 is 2.38 bits per heavy atom. The molecule has 1 atom stereocenters. The zero-order chi connectivity index (χ0) is 12.5. The lowest BCUT2D eigenvalue weighted by Gasteiger charge is -2.20. The second-order valence-electron chi connectivity index (χ2n) is 3.57. The molecule has 1 heterocycles. The molecule has 0 saturated heterocycles. The third kappa shape index (κ3) is 2.38. The van der Waals surface area contributed by atoms with E-state index in [9.17, 15) is 9.59 Å². The summed E-state index contributed by atoms with van der Waals surface area (Å²) in [6.45, 7) is 5.08. The summed E-state index contributed by atoms with van der Waals surface area (Å²) in [6, 6.07) is -0.853. The van der Waals surface area contributed by atoms with E-state index in [1.54, 1.807) is 6.92 Å². The molecule has 88 valence electrons. The van der Waals surface area contributed by atoms with Gasteiger partial charge in [0.15, 0.2) is 0 Å². The van der Waals surface area contributed by atoms with Crippen molar-refractivity contribution in [1.29, 1.82) is 0 Å². The van der Waals surface area contributed by atoms with Crippen molar-refractivity contribution in [1.82, 2.24) is 9.88 Å². The van der Waals surface area contributed by atoms with E-state index in [4.69, 9.17) is 5.11 Å². The molecule has 0 spiro atoms. The van der Waals surface area contributed by atoms with E-state index in [0.29, 0.717) is 5.69 Å². The highest BCUT2D eigenvalue weighted by Gasteiger charge is 2.25. The average molecular weight is 242 g/mol. The van der Waals surface area contributed by atoms with Crippen LogP contribution in [0.1, 0.15) is 27.3 Å². The maximum absolute atomic E-state index is 11.9. The first-order chi connectivity index (χ1) is 7.34. The molecular formula is C10H14N2O3S. The Hall–Kier alpha value is -1.43. The van der Waals surface area contributed by atoms with Crippen molar-refractivity contribution in [2.24, 2.45) is 0 Å². The zero-order valence-corrected chi connectivity index (χ0v) is 10.5. The Morgan fingerprint density at radius 2 is 2.00 bits per heavy atom. The largest absolute Gasteiger partial charge is 0.480 e. The predicted octanol–water partition coefficient (Wildman–Crippen LogP) is 1.31. The van der Waals surface area contributed by atoms with E-state index in [-0.39, 0.29) is 5.91 Å². The summed E-state index contributed by atoms with van der Waals surface area (Å²) in [7, 11) is 1.47. The van der Waals surface area contributed by atoms with Crippen LogP contribution in [0.5, 0.6) is 0 Å². The topological polar surface area (TPSA) is 70.5 Å². The molecule has 0 aromatic carbocycles. The molecule has 0 aliphatic heterocycles. The van der Waals surface area contributed by atoms with Crippen LogP contribution in [0.2, 0.25) is 0 Å². The van der Waals surface area contributed by atoms with Crippen molar-refractivity contribution in [3.05, 3.63) is 15.6 Å². The first-order valence-corrected chi connectivity index (χ1v) is 5.60. The number of aliphatic carboxylic acids is 1. The Labute approximate surface area is 97.7 Å². The Kier molecular flexibility index (Phi) is 3.64. The van der Waals surface area contributed by atoms with Gasteiger partial charge in [0.2, 0.25) is 0 Å². The number of aryl methyl sites for hydroxylation is 2. The van der Waals surface area contributed by atoms with E-state index >= 15 is 0 Å². The number of carboxylic acids is 1. The number of nitrogens with zero attached hydrogens (tertiary/aromatic N) is 2. The second kappa shape index (κ2) is 4.61. The highest BCUT2D eigenvalue weighted by molar-refractivity contribution is 7.11. The van der Waals surface area contributed by atoms with Gasteiger partial charge in [0.05, 0.1) is 5.01 Å². The van der Waals surface area contributed by atoms with Gasteiger partial charge in [0, 0.05) is 11.9 Å². The molecule has 1 aromatic heterocycles. The third-order valence-corrected chi connectivity index (χ3v) is 3.25. The summed E-state index contributed by atoms with van der Waals surface area (Å²) in [6.07, 6.45) is 0. The quantitative estimate of drug-likeness (QED) is 0.867. The minimum absolute atomic E-state index is 0.345. The van der Waals surface area contributed by atoms with Crippen molar-refractivity contribution in [2.45, 2.75) is 26.8 Å². The van der Waals surface area contributed by atoms with Gasteiger partial charge in [0.1, 0.15) is 11.7 Å². The van der Waals surface area contributed by atoms with Crippen molar-refractivity contribution in [3.8, 4) is 0 Å². The number of hydrogen-bond acceptors (Lipinski definition) is 4. The number of amides is 1. The summed E-state index contributed by atoms with van der Waals surface area (Å²) in [5.74, 6) is -1.38. The fourth-order valence-electron chi connectivity index (χ4n) is 1.24. The average Bonchev–Trinajstić information content (AvgIpc) is 2.54. The van der Waals surface area contributed by atoms with Crippen molar-refractivity contribution < 1.29 is 14.7 Å². The molecule has 1 unspecified atom stereocenters. The van der Waals surface area contributed by atoms with Crippen LogP contribution in [-0.4, -0.2) is 40.0 Å². The maximum atomic E-state index is 11.9. The van der Waals surface area contributed by atoms with Crippen LogP contribution in [-0.2, 0) is 4.79 Å². The molecule has 0 radical (unpaired) electrons. The highest BCUT2D eigenvalue weighted by Crippen LogP contribution is 2.18. The standard InChI is InChI=1S/C10H14N2O3S/c1-5(10(14)15)12(4)9(13)8-6(2)16-7(3)11-8/h5H,1-4H3,(H,14,15). The normalized spacial score (nSPS) is 12.2. The third-order valence-electron chi connectivity index (χ3n) is 2.36. The molecule has 16 heavy (non-hydrogen) atoms. The maximum Gasteiger partial charge on any atom is 0.326 e. The molecule has 1 amide bonds. The van der Waals surface area contributed by atoms with E-state index in [1.165, 1.54) is 30.2 Å². The van der Waals surface area contributed by atoms with Crippen LogP contribution < -0.4 is 0 Å². The van der Waals surface area contributed by atoms with E-state index in [1.807, 2.05) is 6.92 Å². The van der Waals surface area contributed by atoms with Gasteiger partial charge in [-0.2, -0.15) is 0 Å². The van der Waals surface area contributed by atoms with E-state index in [0.717, 1.165) is 9.88 Å². The Bertz CT molecular complexity index is 428. The van der Waals surface area contributed by atoms with Gasteiger partial charge in [-0.1, -0.05) is 0 Å². The van der Waals surface area contributed by atoms with Gasteiger partial charge < -0.3 is 10.0 Å². The van der Waals surface area contributed by atoms with Crippen LogP contribution in [0.25, 0.3) is 0 Å². The number of carbonyl (C=O) groups is 2. The van der Waals surface area contributed by atoms with Crippen LogP contribution >= 0.6 is 11.3 Å². The molecule has 6 heteroatoms. The summed E-state index contributed by atoms with van der Waals surface area (Å²) in [4.78, 5) is 28.8. The van der Waals surface area contributed by atoms with Crippen LogP contribution in [0, 0.1) is 13.8 Å². The lowest BCUT2D eigenvalue weighted by atomic mass is 10.2. The second-order valence-corrected chi connectivity index (χ2v) is 4.98. The fourth-order valence-corrected chi connectivity index (χ4v) is 2.05. The molecule has 5 nitrogen and oxygen atoms in total. The number of carboxylic acid groups (broad SMARTS) is 1. The van der Waals surface area contributed by atoms with E-state index in [2.05, 4.69) is 4.98 Å². The van der Waals surface area contributed by atoms with Gasteiger partial charge in [0.25, 0.3) is 5.91 Å². The number of carbonyl (C=O) groups excluding carboxylic acids is 1. The lowest BCUT2D eigenvalue weighted by molar-refractivity contribution is -0.141. The summed E-state index contributed by atoms with van der Waals surface area (Å²) in [5, 5.41) is 9.61. The fraction of sp³-hybridized carbons (Fsp3) is 0.500. The first-order valence-electron chi connectivity index (χ1n) is 4.78. The number of hydrogen-bond donors (Lipinski definition) is 1. The SMILES string of the molecule is Cc1nc(C(=O)N(C)C(C)C(=O)O)c(C)s1. The van der Waals surface area contributed by atoms with Gasteiger partial charge >= 0.3 is 5.97 Å². The molecular weight excluding hydrogens is 228 g/mol. The van der Waals surface area contributed by atoms with Gasteiger partial charge in [-0.25, -0.2) is 9.78 Å². The molecule has 0 saturated carbocycles.